The van der Waals surface area contributed by atoms with Gasteiger partial charge in [0.2, 0.25) is 5.89 Å². The standard InChI is InChI=1S/C21H21ClN4O3/c1-13-10-17(25-21(28)24-13)20(27)26-9-3-2-4-18(26)19-23-12-16(29-19)11-14-5-7-15(22)8-6-14/h5-8,10,12,18H,2-4,9,11H2,1H3,(H,24,25,28)/t18-/m0/s1. The molecule has 4 rings (SSSR count). The molecule has 7 nitrogen and oxygen atoms in total. The number of hydrogen-bond acceptors (Lipinski definition) is 5. The molecule has 0 bridgehead atoms. The number of piperidine rings is 1. The second-order valence-electron chi connectivity index (χ2n) is 7.23. The van der Waals surface area contributed by atoms with Gasteiger partial charge in [0.25, 0.3) is 5.91 Å². The summed E-state index contributed by atoms with van der Waals surface area (Å²) in [5, 5.41) is 0.687. The first kappa shape index (κ1) is 19.4. The zero-order valence-electron chi connectivity index (χ0n) is 16.0. The molecule has 1 aromatic carbocycles. The first-order chi connectivity index (χ1) is 14.0. The van der Waals surface area contributed by atoms with E-state index >= 15 is 0 Å². The summed E-state index contributed by atoms with van der Waals surface area (Å²) in [5.74, 6) is 0.968. The molecule has 1 saturated heterocycles. The SMILES string of the molecule is Cc1cc(C(=O)N2CCCC[C@H]2c2ncc(Cc3ccc(Cl)cc3)o2)nc(=O)[nH]1. The zero-order valence-corrected chi connectivity index (χ0v) is 16.8. The van der Waals surface area contributed by atoms with Crippen molar-refractivity contribution in [3.63, 3.8) is 0 Å². The number of nitrogens with zero attached hydrogens (tertiary/aromatic N) is 3. The fourth-order valence-corrected chi connectivity index (χ4v) is 3.76. The second-order valence-corrected chi connectivity index (χ2v) is 7.67. The quantitative estimate of drug-likeness (QED) is 0.705. The minimum atomic E-state index is -0.525. The van der Waals surface area contributed by atoms with Gasteiger partial charge in [0.1, 0.15) is 17.5 Å². The number of halogens is 1. The molecule has 150 valence electrons. The molecule has 1 atom stereocenters. The van der Waals surface area contributed by atoms with Crippen LogP contribution in [0.5, 0.6) is 0 Å². The van der Waals surface area contributed by atoms with E-state index in [1.807, 2.05) is 24.3 Å². The van der Waals surface area contributed by atoms with E-state index in [0.29, 0.717) is 29.6 Å². The van der Waals surface area contributed by atoms with Gasteiger partial charge in [-0.15, -0.1) is 0 Å². The van der Waals surface area contributed by atoms with Gasteiger partial charge in [-0.25, -0.2) is 9.78 Å². The van der Waals surface area contributed by atoms with Crippen LogP contribution < -0.4 is 5.69 Å². The van der Waals surface area contributed by atoms with Crippen LogP contribution in [-0.2, 0) is 6.42 Å². The van der Waals surface area contributed by atoms with Crippen molar-refractivity contribution >= 4 is 17.5 Å². The number of hydrogen-bond donors (Lipinski definition) is 1. The molecular weight excluding hydrogens is 392 g/mol. The molecule has 0 saturated carbocycles. The Morgan fingerprint density at radius 3 is 2.86 bits per heavy atom. The van der Waals surface area contributed by atoms with Gasteiger partial charge in [0.05, 0.1) is 6.20 Å². The molecule has 1 amide bonds. The van der Waals surface area contributed by atoms with Crippen LogP contribution in [-0.4, -0.2) is 32.3 Å². The Kier molecular flexibility index (Phi) is 5.49. The highest BCUT2D eigenvalue weighted by molar-refractivity contribution is 6.30. The molecule has 1 aliphatic heterocycles. The van der Waals surface area contributed by atoms with Crippen molar-refractivity contribution in [2.24, 2.45) is 0 Å². The van der Waals surface area contributed by atoms with Crippen LogP contribution in [0.25, 0.3) is 0 Å². The third-order valence-corrected chi connectivity index (χ3v) is 5.26. The van der Waals surface area contributed by atoms with Crippen LogP contribution in [0.3, 0.4) is 0 Å². The van der Waals surface area contributed by atoms with Crippen LogP contribution >= 0.6 is 11.6 Å². The number of benzene rings is 1. The Morgan fingerprint density at radius 2 is 2.10 bits per heavy atom. The Morgan fingerprint density at radius 1 is 1.31 bits per heavy atom. The van der Waals surface area contributed by atoms with E-state index in [4.69, 9.17) is 16.0 Å². The summed E-state index contributed by atoms with van der Waals surface area (Å²) in [4.78, 5) is 37.3. The topological polar surface area (TPSA) is 92.1 Å². The highest BCUT2D eigenvalue weighted by Crippen LogP contribution is 2.32. The molecule has 0 radical (unpaired) electrons. The Bertz CT molecular complexity index is 1070. The molecular formula is C21H21ClN4O3. The number of H-pyrrole nitrogens is 1. The maximum absolute atomic E-state index is 13.0. The maximum atomic E-state index is 13.0. The highest BCUT2D eigenvalue weighted by atomic mass is 35.5. The number of likely N-dealkylation sites (tertiary alicyclic amines) is 1. The molecule has 3 aromatic rings. The Hall–Kier alpha value is -2.93. The number of amides is 1. The Balaban J connectivity index is 1.56. The molecule has 29 heavy (non-hydrogen) atoms. The molecule has 8 heteroatoms. The molecule has 3 heterocycles. The monoisotopic (exact) mass is 412 g/mol. The van der Waals surface area contributed by atoms with Gasteiger partial charge >= 0.3 is 5.69 Å². The number of rotatable bonds is 4. The summed E-state index contributed by atoms with van der Waals surface area (Å²) in [7, 11) is 0. The first-order valence-electron chi connectivity index (χ1n) is 9.57. The van der Waals surface area contributed by atoms with E-state index < -0.39 is 5.69 Å². The van der Waals surface area contributed by atoms with E-state index in [1.54, 1.807) is 24.1 Å². The van der Waals surface area contributed by atoms with Crippen LogP contribution in [0.1, 0.15) is 58.7 Å². The zero-order chi connectivity index (χ0) is 20.4. The van der Waals surface area contributed by atoms with Gasteiger partial charge in [0.15, 0.2) is 0 Å². The smallest absolute Gasteiger partial charge is 0.345 e. The molecule has 0 unspecified atom stereocenters. The van der Waals surface area contributed by atoms with Crippen molar-refractivity contribution < 1.29 is 9.21 Å². The maximum Gasteiger partial charge on any atom is 0.345 e. The average Bonchev–Trinajstić information content (AvgIpc) is 3.17. The van der Waals surface area contributed by atoms with Gasteiger partial charge in [-0.05, 0) is 49.9 Å². The molecule has 1 fully saturated rings. The van der Waals surface area contributed by atoms with Crippen molar-refractivity contribution in [1.29, 1.82) is 0 Å². The number of carbonyl (C=O) groups excluding carboxylic acids is 1. The van der Waals surface area contributed by atoms with Gasteiger partial charge in [-0.1, -0.05) is 23.7 Å². The van der Waals surface area contributed by atoms with E-state index in [1.165, 1.54) is 0 Å². The third kappa shape index (κ3) is 4.40. The predicted molar refractivity (Wildman–Crippen MR) is 108 cm³/mol. The minimum Gasteiger partial charge on any atom is -0.443 e. The summed E-state index contributed by atoms with van der Waals surface area (Å²) in [5.41, 5.74) is 1.29. The lowest BCUT2D eigenvalue weighted by molar-refractivity contribution is 0.0563. The molecule has 0 aliphatic carbocycles. The third-order valence-electron chi connectivity index (χ3n) is 5.01. The van der Waals surface area contributed by atoms with Gasteiger partial charge in [-0.2, -0.15) is 4.98 Å². The van der Waals surface area contributed by atoms with Crippen molar-refractivity contribution in [2.75, 3.05) is 6.54 Å². The number of carbonyl (C=O) groups is 1. The van der Waals surface area contributed by atoms with E-state index in [2.05, 4.69) is 15.0 Å². The summed E-state index contributed by atoms with van der Waals surface area (Å²) >= 11 is 5.94. The fraction of sp³-hybridized carbons (Fsp3) is 0.333. The molecule has 1 N–H and O–H groups in total. The lowest BCUT2D eigenvalue weighted by Gasteiger charge is -2.33. The van der Waals surface area contributed by atoms with Crippen molar-refractivity contribution in [2.45, 2.75) is 38.6 Å². The van der Waals surface area contributed by atoms with Crippen LogP contribution in [0.4, 0.5) is 0 Å². The van der Waals surface area contributed by atoms with Crippen LogP contribution in [0.2, 0.25) is 5.02 Å². The number of oxazole rings is 1. The Labute approximate surface area is 172 Å². The number of aromatic nitrogens is 3. The van der Waals surface area contributed by atoms with Crippen molar-refractivity contribution in [1.82, 2.24) is 19.9 Å². The van der Waals surface area contributed by atoms with E-state index in [0.717, 1.165) is 30.6 Å². The van der Waals surface area contributed by atoms with Gasteiger partial charge < -0.3 is 14.3 Å². The fourth-order valence-electron chi connectivity index (χ4n) is 3.63. The molecule has 1 aliphatic rings. The first-order valence-corrected chi connectivity index (χ1v) is 9.95. The van der Waals surface area contributed by atoms with E-state index in [9.17, 15) is 9.59 Å². The normalized spacial score (nSPS) is 16.8. The van der Waals surface area contributed by atoms with E-state index in [-0.39, 0.29) is 17.6 Å². The second kappa shape index (κ2) is 8.21. The van der Waals surface area contributed by atoms with Crippen LogP contribution in [0.15, 0.2) is 45.7 Å². The predicted octanol–water partition coefficient (Wildman–Crippen LogP) is 3.68. The summed E-state index contributed by atoms with van der Waals surface area (Å²) in [6, 6.07) is 8.90. The number of nitrogens with one attached hydrogen (secondary N) is 1. The summed E-state index contributed by atoms with van der Waals surface area (Å²) in [6.07, 6.45) is 4.93. The van der Waals surface area contributed by atoms with Crippen LogP contribution in [0, 0.1) is 6.92 Å². The lowest BCUT2D eigenvalue weighted by atomic mass is 10.0. The lowest BCUT2D eigenvalue weighted by Crippen LogP contribution is -2.39. The average molecular weight is 413 g/mol. The summed E-state index contributed by atoms with van der Waals surface area (Å²) < 4.78 is 5.99. The van der Waals surface area contributed by atoms with Crippen molar-refractivity contribution in [3.8, 4) is 0 Å². The van der Waals surface area contributed by atoms with Gasteiger partial charge in [-0.3, -0.25) is 4.79 Å². The summed E-state index contributed by atoms with van der Waals surface area (Å²) in [6.45, 7) is 2.30. The van der Waals surface area contributed by atoms with Crippen molar-refractivity contribution in [3.05, 3.63) is 80.6 Å². The largest absolute Gasteiger partial charge is 0.443 e. The number of aryl methyl sites for hydroxylation is 1. The molecule has 2 aromatic heterocycles. The highest BCUT2D eigenvalue weighted by Gasteiger charge is 2.32. The van der Waals surface area contributed by atoms with Gasteiger partial charge in [0, 0.05) is 23.7 Å². The molecule has 0 spiro atoms. The number of aromatic amines is 1. The minimum absolute atomic E-state index is 0.145.